The van der Waals surface area contributed by atoms with Gasteiger partial charge in [-0.25, -0.2) is 4.79 Å². The summed E-state index contributed by atoms with van der Waals surface area (Å²) in [6.45, 7) is 0. The van der Waals surface area contributed by atoms with E-state index in [1.54, 1.807) is 0 Å². The van der Waals surface area contributed by atoms with E-state index in [0.717, 1.165) is 0 Å². The van der Waals surface area contributed by atoms with Crippen LogP contribution in [0.2, 0.25) is 5.02 Å². The minimum absolute atomic E-state index is 0.335. The molecule has 12 heavy (non-hydrogen) atoms. The smallest absolute Gasteiger partial charge is 0.240 e. The Morgan fingerprint density at radius 1 is 1.75 bits per heavy atom. The van der Waals surface area contributed by atoms with Crippen molar-refractivity contribution >= 4 is 23.4 Å². The van der Waals surface area contributed by atoms with Crippen LogP contribution >= 0.6 is 11.6 Å². The van der Waals surface area contributed by atoms with Crippen molar-refractivity contribution in [3.05, 3.63) is 23.2 Å². The molecule has 1 aromatic carbocycles. The molecule has 0 bridgehead atoms. The first kappa shape index (κ1) is 8.78. The summed E-state index contributed by atoms with van der Waals surface area (Å²) in [7, 11) is 1.49. The third-order valence-electron chi connectivity index (χ3n) is 1.24. The standard InChI is InChI=1S/C8H5ClNO2/c1-12-6-2-3-7(9)8(4-6)10-5-11/h3-4H,1H3. The summed E-state index contributed by atoms with van der Waals surface area (Å²) in [6.07, 6.45) is 1.40. The number of hydrogen-bond acceptors (Lipinski definition) is 3. The van der Waals surface area contributed by atoms with Crippen molar-refractivity contribution in [2.45, 2.75) is 0 Å². The summed E-state index contributed by atoms with van der Waals surface area (Å²) >= 11 is 5.67. The highest BCUT2D eigenvalue weighted by Crippen LogP contribution is 2.27. The molecule has 61 valence electrons. The maximum Gasteiger partial charge on any atom is 0.240 e. The SMILES string of the molecule is COc1[c]cc(Cl)c(N=C=O)c1. The minimum atomic E-state index is 0.335. The fourth-order valence-electron chi connectivity index (χ4n) is 0.696. The number of nitrogens with zero attached hydrogens (tertiary/aromatic N) is 1. The fraction of sp³-hybridized carbons (Fsp3) is 0.125. The summed E-state index contributed by atoms with van der Waals surface area (Å²) in [6, 6.07) is 5.73. The Hall–Kier alpha value is -1.31. The summed E-state index contributed by atoms with van der Waals surface area (Å²) in [4.78, 5) is 13.3. The summed E-state index contributed by atoms with van der Waals surface area (Å²) < 4.78 is 4.85. The van der Waals surface area contributed by atoms with E-state index in [-0.39, 0.29) is 0 Å². The Balaban J connectivity index is 3.16. The van der Waals surface area contributed by atoms with Gasteiger partial charge < -0.3 is 4.74 Å². The van der Waals surface area contributed by atoms with E-state index >= 15 is 0 Å². The zero-order valence-corrected chi connectivity index (χ0v) is 7.05. The molecule has 0 aliphatic carbocycles. The van der Waals surface area contributed by atoms with Gasteiger partial charge in [0.1, 0.15) is 5.75 Å². The molecular formula is C8H5ClNO2. The molecule has 1 rings (SSSR count). The van der Waals surface area contributed by atoms with Crippen molar-refractivity contribution in [3.63, 3.8) is 0 Å². The van der Waals surface area contributed by atoms with Gasteiger partial charge in [-0.05, 0) is 6.07 Å². The number of halogens is 1. The first-order chi connectivity index (χ1) is 5.77. The zero-order valence-electron chi connectivity index (χ0n) is 6.30. The maximum absolute atomic E-state index is 9.92. The average Bonchev–Trinajstić information content (AvgIpc) is 2.09. The van der Waals surface area contributed by atoms with Crippen molar-refractivity contribution in [1.29, 1.82) is 0 Å². The van der Waals surface area contributed by atoms with Gasteiger partial charge in [0.15, 0.2) is 0 Å². The Kier molecular flexibility index (Phi) is 2.86. The van der Waals surface area contributed by atoms with Crippen LogP contribution in [0.25, 0.3) is 0 Å². The van der Waals surface area contributed by atoms with Crippen LogP contribution in [0.1, 0.15) is 0 Å². The van der Waals surface area contributed by atoms with E-state index in [2.05, 4.69) is 11.1 Å². The lowest BCUT2D eigenvalue weighted by Gasteiger charge is -1.99. The van der Waals surface area contributed by atoms with Gasteiger partial charge in [-0.15, -0.1) is 0 Å². The molecule has 0 aromatic heterocycles. The lowest BCUT2D eigenvalue weighted by Crippen LogP contribution is -1.81. The van der Waals surface area contributed by atoms with Crippen LogP contribution in [0, 0.1) is 6.07 Å². The maximum atomic E-state index is 9.92. The Morgan fingerprint density at radius 2 is 2.50 bits per heavy atom. The van der Waals surface area contributed by atoms with Crippen LogP contribution < -0.4 is 4.74 Å². The van der Waals surface area contributed by atoms with Crippen molar-refractivity contribution < 1.29 is 9.53 Å². The number of hydrogen-bond donors (Lipinski definition) is 0. The average molecular weight is 183 g/mol. The highest BCUT2D eigenvalue weighted by Gasteiger charge is 2.00. The van der Waals surface area contributed by atoms with Crippen LogP contribution in [0.5, 0.6) is 5.75 Å². The van der Waals surface area contributed by atoms with E-state index < -0.39 is 0 Å². The summed E-state index contributed by atoms with van der Waals surface area (Å²) in [5, 5.41) is 0.346. The Bertz CT molecular complexity index is 332. The third-order valence-corrected chi connectivity index (χ3v) is 1.54. The predicted octanol–water partition coefficient (Wildman–Crippen LogP) is 2.12. The van der Waals surface area contributed by atoms with E-state index in [1.807, 2.05) is 0 Å². The van der Waals surface area contributed by atoms with Gasteiger partial charge in [0, 0.05) is 12.1 Å². The van der Waals surface area contributed by atoms with Crippen LogP contribution in [-0.2, 0) is 4.79 Å². The Morgan fingerprint density at radius 3 is 3.08 bits per heavy atom. The highest BCUT2D eigenvalue weighted by atomic mass is 35.5. The second-order valence-corrected chi connectivity index (χ2v) is 2.34. The molecule has 3 nitrogen and oxygen atoms in total. The van der Waals surface area contributed by atoms with Crippen LogP contribution in [0.4, 0.5) is 5.69 Å². The molecule has 1 aromatic rings. The Labute approximate surface area is 74.6 Å². The monoisotopic (exact) mass is 182 g/mol. The van der Waals surface area contributed by atoms with Crippen molar-refractivity contribution in [3.8, 4) is 5.75 Å². The van der Waals surface area contributed by atoms with Gasteiger partial charge in [0.2, 0.25) is 6.08 Å². The minimum Gasteiger partial charge on any atom is -0.496 e. The van der Waals surface area contributed by atoms with Crippen molar-refractivity contribution in [2.24, 2.45) is 4.99 Å². The van der Waals surface area contributed by atoms with E-state index in [9.17, 15) is 4.79 Å². The van der Waals surface area contributed by atoms with E-state index in [1.165, 1.54) is 25.3 Å². The second kappa shape index (κ2) is 3.90. The van der Waals surface area contributed by atoms with Crippen LogP contribution in [0.3, 0.4) is 0 Å². The molecule has 0 aliphatic heterocycles. The zero-order chi connectivity index (χ0) is 8.97. The molecule has 0 saturated carbocycles. The predicted molar refractivity (Wildman–Crippen MR) is 44.6 cm³/mol. The van der Waals surface area contributed by atoms with Crippen molar-refractivity contribution in [1.82, 2.24) is 0 Å². The molecule has 0 saturated heterocycles. The topological polar surface area (TPSA) is 38.7 Å². The lowest BCUT2D eigenvalue weighted by molar-refractivity contribution is 0.414. The number of rotatable bonds is 2. The van der Waals surface area contributed by atoms with Crippen LogP contribution in [0.15, 0.2) is 17.1 Å². The number of ether oxygens (including phenoxy) is 1. The van der Waals surface area contributed by atoms with Gasteiger partial charge in [0.05, 0.1) is 17.8 Å². The van der Waals surface area contributed by atoms with Gasteiger partial charge >= 0.3 is 0 Å². The molecule has 0 N–H and O–H groups in total. The van der Waals surface area contributed by atoms with Gasteiger partial charge in [-0.1, -0.05) is 11.6 Å². The van der Waals surface area contributed by atoms with Crippen molar-refractivity contribution in [2.75, 3.05) is 7.11 Å². The van der Waals surface area contributed by atoms with Gasteiger partial charge in [-0.3, -0.25) is 0 Å². The number of aliphatic imine (C=N–C) groups is 1. The van der Waals surface area contributed by atoms with Crippen LogP contribution in [-0.4, -0.2) is 13.2 Å². The quantitative estimate of drug-likeness (QED) is 0.519. The fourth-order valence-corrected chi connectivity index (χ4v) is 0.847. The molecule has 0 heterocycles. The van der Waals surface area contributed by atoms with E-state index in [0.29, 0.717) is 16.5 Å². The summed E-state index contributed by atoms with van der Waals surface area (Å²) in [5.74, 6) is 0.480. The molecule has 1 radical (unpaired) electrons. The molecule has 0 atom stereocenters. The van der Waals surface area contributed by atoms with Gasteiger partial charge in [0.25, 0.3) is 0 Å². The molecule has 0 spiro atoms. The van der Waals surface area contributed by atoms with E-state index in [4.69, 9.17) is 16.3 Å². The molecule has 4 heteroatoms. The normalized spacial score (nSPS) is 8.83. The molecule has 0 aliphatic rings. The molecule has 0 fully saturated rings. The molecule has 0 amide bonds. The highest BCUT2D eigenvalue weighted by molar-refractivity contribution is 6.33. The number of isocyanates is 1. The number of benzene rings is 1. The first-order valence-electron chi connectivity index (χ1n) is 3.11. The lowest BCUT2D eigenvalue weighted by atomic mass is 10.3. The summed E-state index contributed by atoms with van der Waals surface area (Å²) in [5.41, 5.74) is 0.335. The second-order valence-electron chi connectivity index (χ2n) is 1.94. The number of carbonyl (C=O) groups excluding carboxylic acids is 1. The third kappa shape index (κ3) is 1.84. The largest absolute Gasteiger partial charge is 0.496 e. The first-order valence-corrected chi connectivity index (χ1v) is 3.49. The van der Waals surface area contributed by atoms with Gasteiger partial charge in [-0.2, -0.15) is 4.99 Å². The molecule has 0 unspecified atom stereocenters. The molecular weight excluding hydrogens is 178 g/mol. The number of methoxy groups -OCH3 is 1.